The Morgan fingerprint density at radius 2 is 1.75 bits per heavy atom. The van der Waals surface area contributed by atoms with Crippen molar-refractivity contribution in [2.45, 2.75) is 12.3 Å². The number of benzene rings is 1. The maximum Gasteiger partial charge on any atom is 0.511 e. The molecule has 0 aliphatic carbocycles. The van der Waals surface area contributed by atoms with Gasteiger partial charge in [-0.1, -0.05) is 30.3 Å². The van der Waals surface area contributed by atoms with Crippen molar-refractivity contribution in [2.75, 3.05) is 0 Å². The molecule has 16 heavy (non-hydrogen) atoms. The van der Waals surface area contributed by atoms with E-state index in [9.17, 15) is 21.9 Å². The summed E-state index contributed by atoms with van der Waals surface area (Å²) in [6, 6.07) is 6.04. The van der Waals surface area contributed by atoms with Gasteiger partial charge in [0, 0.05) is 0 Å². The van der Waals surface area contributed by atoms with Crippen molar-refractivity contribution in [3.8, 4) is 0 Å². The highest BCUT2D eigenvalue weighted by molar-refractivity contribution is 7.46. The van der Waals surface area contributed by atoms with Crippen LogP contribution in [0.15, 0.2) is 30.3 Å². The Labute approximate surface area is 88.3 Å². The Morgan fingerprint density at radius 3 is 2.12 bits per heavy atom. The van der Waals surface area contributed by atoms with Crippen LogP contribution in [0.25, 0.3) is 0 Å². The van der Waals surface area contributed by atoms with E-state index in [1.54, 1.807) is 0 Å². The van der Waals surface area contributed by atoms with E-state index >= 15 is 0 Å². The minimum absolute atomic E-state index is 0.443. The van der Waals surface area contributed by atoms with Crippen LogP contribution in [0.4, 0.5) is 17.4 Å². The van der Waals surface area contributed by atoms with Gasteiger partial charge in [0.1, 0.15) is 0 Å². The van der Waals surface area contributed by atoms with Gasteiger partial charge in [0.05, 0.1) is 0 Å². The summed E-state index contributed by atoms with van der Waals surface area (Å²) < 4.78 is 63.2. The predicted octanol–water partition coefficient (Wildman–Crippen LogP) is 3.38. The van der Waals surface area contributed by atoms with Gasteiger partial charge in [-0.3, -0.25) is 9.42 Å². The first-order valence-corrected chi connectivity index (χ1v) is 5.49. The smallest absolute Gasteiger partial charge is 0.299 e. The Hall–Kier alpha value is -0.910. The van der Waals surface area contributed by atoms with E-state index in [0.717, 1.165) is 12.1 Å². The van der Waals surface area contributed by atoms with Gasteiger partial charge in [0.2, 0.25) is 0 Å². The summed E-state index contributed by atoms with van der Waals surface area (Å²) in [5.74, 6) is 0. The van der Waals surface area contributed by atoms with E-state index in [0.29, 0.717) is 0 Å². The molecule has 1 aromatic carbocycles. The fourth-order valence-corrected chi connectivity index (χ4v) is 1.57. The average molecular weight is 258 g/mol. The van der Waals surface area contributed by atoms with Gasteiger partial charge in [-0.05, 0) is 5.56 Å². The first-order valence-electron chi connectivity index (χ1n) is 4.02. The second-order valence-corrected chi connectivity index (χ2v) is 4.00. The van der Waals surface area contributed by atoms with Gasteiger partial charge in [0.15, 0.2) is 6.10 Å². The van der Waals surface area contributed by atoms with Crippen LogP contribution in [0.1, 0.15) is 11.7 Å². The lowest BCUT2D eigenvalue weighted by Crippen LogP contribution is -2.22. The molecular formula is C8H7F4O3P. The Bertz CT molecular complexity index is 386. The molecule has 0 radical (unpaired) electrons. The van der Waals surface area contributed by atoms with Gasteiger partial charge >= 0.3 is 14.1 Å². The van der Waals surface area contributed by atoms with E-state index in [1.807, 2.05) is 0 Å². The molecule has 0 spiro atoms. The molecule has 0 bridgehead atoms. The molecule has 2 atom stereocenters. The van der Waals surface area contributed by atoms with Crippen LogP contribution >= 0.6 is 7.91 Å². The van der Waals surface area contributed by atoms with Gasteiger partial charge in [-0.15, -0.1) is 4.20 Å². The first kappa shape index (κ1) is 13.2. The molecule has 1 rings (SSSR count). The lowest BCUT2D eigenvalue weighted by molar-refractivity contribution is -0.201. The second kappa shape index (κ2) is 4.53. The molecule has 0 saturated carbocycles. The van der Waals surface area contributed by atoms with Crippen LogP contribution < -0.4 is 0 Å². The van der Waals surface area contributed by atoms with Crippen LogP contribution in [-0.4, -0.2) is 11.1 Å². The van der Waals surface area contributed by atoms with Crippen molar-refractivity contribution in [3.63, 3.8) is 0 Å². The number of alkyl halides is 3. The molecular weight excluding hydrogens is 251 g/mol. The van der Waals surface area contributed by atoms with Crippen molar-refractivity contribution < 1.29 is 31.4 Å². The van der Waals surface area contributed by atoms with E-state index in [4.69, 9.17) is 4.89 Å². The molecule has 3 nitrogen and oxygen atoms in total. The van der Waals surface area contributed by atoms with E-state index in [1.165, 1.54) is 18.2 Å². The Balaban J connectivity index is 3.03. The number of hydrogen-bond donors (Lipinski definition) is 1. The molecule has 0 heterocycles. The summed E-state index contributed by atoms with van der Waals surface area (Å²) in [5.41, 5.74) is -0.443. The summed E-state index contributed by atoms with van der Waals surface area (Å²) in [7, 11) is -5.70. The largest absolute Gasteiger partial charge is 0.511 e. The third kappa shape index (κ3) is 3.92. The molecule has 2 unspecified atom stereocenters. The molecule has 0 aromatic heterocycles. The molecule has 0 saturated heterocycles. The van der Waals surface area contributed by atoms with Crippen LogP contribution in [0, 0.1) is 0 Å². The van der Waals surface area contributed by atoms with Crippen LogP contribution in [0.3, 0.4) is 0 Å². The van der Waals surface area contributed by atoms with Gasteiger partial charge in [-0.25, -0.2) is 4.57 Å². The fraction of sp³-hybridized carbons (Fsp3) is 0.250. The lowest BCUT2D eigenvalue weighted by Gasteiger charge is -2.20. The zero-order valence-corrected chi connectivity index (χ0v) is 8.58. The predicted molar refractivity (Wildman–Crippen MR) is 47.3 cm³/mol. The average Bonchev–Trinajstić information content (AvgIpc) is 2.13. The maximum absolute atomic E-state index is 12.4. The first-order chi connectivity index (χ1) is 7.20. The molecule has 0 fully saturated rings. The third-order valence-corrected chi connectivity index (χ3v) is 2.11. The lowest BCUT2D eigenvalue weighted by atomic mass is 10.1. The van der Waals surface area contributed by atoms with Crippen molar-refractivity contribution in [3.05, 3.63) is 35.9 Å². The number of rotatable bonds is 3. The molecule has 0 aliphatic rings. The van der Waals surface area contributed by atoms with Crippen LogP contribution in [0.2, 0.25) is 0 Å². The zero-order chi connectivity index (χ0) is 12.4. The number of halogens is 4. The Morgan fingerprint density at radius 1 is 1.25 bits per heavy atom. The molecule has 0 amide bonds. The molecule has 90 valence electrons. The highest BCUT2D eigenvalue weighted by atomic mass is 31.2. The topological polar surface area (TPSA) is 46.5 Å². The quantitative estimate of drug-likeness (QED) is 0.667. The maximum atomic E-state index is 12.4. The minimum Gasteiger partial charge on any atom is -0.299 e. The van der Waals surface area contributed by atoms with E-state index in [2.05, 4.69) is 4.52 Å². The van der Waals surface area contributed by atoms with E-state index in [-0.39, 0.29) is 0 Å². The van der Waals surface area contributed by atoms with Crippen LogP contribution in [-0.2, 0) is 9.09 Å². The second-order valence-electron chi connectivity index (χ2n) is 2.89. The zero-order valence-electron chi connectivity index (χ0n) is 7.69. The van der Waals surface area contributed by atoms with Crippen molar-refractivity contribution in [2.24, 2.45) is 0 Å². The van der Waals surface area contributed by atoms with E-state index < -0.39 is 25.8 Å². The van der Waals surface area contributed by atoms with Gasteiger partial charge in [0.25, 0.3) is 0 Å². The summed E-state index contributed by atoms with van der Waals surface area (Å²) in [4.78, 5) is 8.18. The van der Waals surface area contributed by atoms with Crippen molar-refractivity contribution in [1.82, 2.24) is 0 Å². The fourth-order valence-electron chi connectivity index (χ4n) is 1.07. The minimum atomic E-state index is -5.70. The highest BCUT2D eigenvalue weighted by Gasteiger charge is 2.46. The molecule has 0 aliphatic heterocycles. The Kier molecular flexibility index (Phi) is 3.72. The molecule has 8 heteroatoms. The standard InChI is InChI=1S/C8H7F4O3P/c9-8(10,11)7(15-16(12,13)14)6-4-2-1-3-5-6/h1-5,7H,(H,13,14). The molecule has 1 aromatic rings. The monoisotopic (exact) mass is 258 g/mol. The third-order valence-electron chi connectivity index (χ3n) is 1.64. The normalized spacial score (nSPS) is 17.8. The van der Waals surface area contributed by atoms with Gasteiger partial charge in [-0.2, -0.15) is 13.2 Å². The van der Waals surface area contributed by atoms with Crippen molar-refractivity contribution in [1.29, 1.82) is 0 Å². The van der Waals surface area contributed by atoms with Crippen molar-refractivity contribution >= 4 is 7.91 Å². The van der Waals surface area contributed by atoms with Gasteiger partial charge < -0.3 is 0 Å². The summed E-state index contributed by atoms with van der Waals surface area (Å²) in [6.45, 7) is 0. The summed E-state index contributed by atoms with van der Waals surface area (Å²) in [5, 5.41) is 0. The van der Waals surface area contributed by atoms with Crippen LogP contribution in [0.5, 0.6) is 0 Å². The SMILES string of the molecule is O=P(O)(F)OC(c1ccccc1)C(F)(F)F. The molecule has 1 N–H and O–H groups in total. The summed E-state index contributed by atoms with van der Waals surface area (Å²) >= 11 is 0. The number of hydrogen-bond acceptors (Lipinski definition) is 2. The summed E-state index contributed by atoms with van der Waals surface area (Å²) in [6.07, 6.45) is -7.72. The highest BCUT2D eigenvalue weighted by Crippen LogP contribution is 2.52.